The Morgan fingerprint density at radius 1 is 1.45 bits per heavy atom. The number of aromatic nitrogens is 1. The van der Waals surface area contributed by atoms with Gasteiger partial charge in [-0.15, -0.1) is 0 Å². The smallest absolute Gasteiger partial charge is 0.281 e. The molecule has 2 aliphatic heterocycles. The molecule has 1 unspecified atom stereocenters. The molecule has 2 aliphatic rings. The van der Waals surface area contributed by atoms with Crippen LogP contribution in [0.2, 0.25) is 5.02 Å². The van der Waals surface area contributed by atoms with Gasteiger partial charge in [0.2, 0.25) is 0 Å². The maximum atomic E-state index is 13.0. The van der Waals surface area contributed by atoms with Crippen LogP contribution in [0.4, 0.5) is 5.69 Å². The Morgan fingerprint density at radius 3 is 3.18 bits per heavy atom. The Hall–Kier alpha value is -1.85. The molecule has 1 aromatic carbocycles. The van der Waals surface area contributed by atoms with Crippen molar-refractivity contribution in [3.63, 3.8) is 0 Å². The van der Waals surface area contributed by atoms with E-state index in [1.54, 1.807) is 11.0 Å². The van der Waals surface area contributed by atoms with Gasteiger partial charge in [-0.3, -0.25) is 4.79 Å². The summed E-state index contributed by atoms with van der Waals surface area (Å²) in [7, 11) is 0. The molecule has 0 radical (unpaired) electrons. The number of amides is 1. The lowest BCUT2D eigenvalue weighted by molar-refractivity contribution is 0.0947. The normalized spacial score (nSPS) is 19.9. The number of hydrogen-bond donors (Lipinski definition) is 0. The van der Waals surface area contributed by atoms with Gasteiger partial charge < -0.3 is 14.2 Å². The van der Waals surface area contributed by atoms with E-state index in [4.69, 9.17) is 20.9 Å². The van der Waals surface area contributed by atoms with Crippen LogP contribution in [0, 0.1) is 0 Å². The van der Waals surface area contributed by atoms with Gasteiger partial charge in [-0.2, -0.15) is 0 Å². The average Bonchev–Trinajstić information content (AvgIpc) is 3.06. The van der Waals surface area contributed by atoms with Crippen LogP contribution in [0.5, 0.6) is 0 Å². The number of halogens is 1. The van der Waals surface area contributed by atoms with E-state index in [1.165, 1.54) is 0 Å². The molecular formula is C16H15ClN2O3. The van der Waals surface area contributed by atoms with E-state index < -0.39 is 0 Å². The fourth-order valence-electron chi connectivity index (χ4n) is 3.22. The third-order valence-electron chi connectivity index (χ3n) is 4.27. The van der Waals surface area contributed by atoms with Crippen LogP contribution in [0.3, 0.4) is 0 Å². The number of rotatable bonds is 1. The molecule has 114 valence electrons. The summed E-state index contributed by atoms with van der Waals surface area (Å²) in [4.78, 5) is 14.7. The van der Waals surface area contributed by atoms with Crippen LogP contribution in [0.25, 0.3) is 0 Å². The van der Waals surface area contributed by atoms with Gasteiger partial charge in [0.1, 0.15) is 5.76 Å². The van der Waals surface area contributed by atoms with Crippen molar-refractivity contribution in [2.75, 3.05) is 11.5 Å². The summed E-state index contributed by atoms with van der Waals surface area (Å²) in [5.41, 5.74) is 3.13. The van der Waals surface area contributed by atoms with Crippen molar-refractivity contribution in [3.05, 3.63) is 45.8 Å². The van der Waals surface area contributed by atoms with Crippen LogP contribution in [0.1, 0.15) is 34.3 Å². The van der Waals surface area contributed by atoms with Crippen molar-refractivity contribution in [2.24, 2.45) is 0 Å². The number of benzene rings is 1. The quantitative estimate of drug-likeness (QED) is 0.811. The van der Waals surface area contributed by atoms with E-state index in [1.807, 2.05) is 19.1 Å². The highest BCUT2D eigenvalue weighted by atomic mass is 35.5. The van der Waals surface area contributed by atoms with Crippen LogP contribution < -0.4 is 4.90 Å². The summed E-state index contributed by atoms with van der Waals surface area (Å²) in [6.07, 6.45) is 1.45. The van der Waals surface area contributed by atoms with E-state index in [0.717, 1.165) is 29.0 Å². The molecule has 0 spiro atoms. The first-order chi connectivity index (χ1) is 10.6. The molecule has 22 heavy (non-hydrogen) atoms. The SMILES string of the molecule is CC1Cc2cc(Cl)ccc2N1C(=O)c1noc2c1COCC2. The van der Waals surface area contributed by atoms with Gasteiger partial charge in [-0.25, -0.2) is 0 Å². The Bertz CT molecular complexity index is 756. The van der Waals surface area contributed by atoms with Gasteiger partial charge in [0.15, 0.2) is 5.69 Å². The molecule has 0 aliphatic carbocycles. The van der Waals surface area contributed by atoms with Crippen molar-refractivity contribution >= 4 is 23.2 Å². The van der Waals surface area contributed by atoms with Crippen molar-refractivity contribution < 1.29 is 14.1 Å². The second kappa shape index (κ2) is 5.11. The summed E-state index contributed by atoms with van der Waals surface area (Å²) >= 11 is 6.05. The Morgan fingerprint density at radius 2 is 2.32 bits per heavy atom. The summed E-state index contributed by atoms with van der Waals surface area (Å²) in [5.74, 6) is 0.627. The minimum absolute atomic E-state index is 0.0674. The van der Waals surface area contributed by atoms with Crippen LogP contribution in [-0.2, 0) is 24.2 Å². The Balaban J connectivity index is 1.73. The van der Waals surface area contributed by atoms with Crippen molar-refractivity contribution in [1.82, 2.24) is 5.16 Å². The molecule has 5 nitrogen and oxygen atoms in total. The number of ether oxygens (including phenoxy) is 1. The highest BCUT2D eigenvalue weighted by molar-refractivity contribution is 6.30. The molecule has 0 bridgehead atoms. The molecule has 4 rings (SSSR count). The van der Waals surface area contributed by atoms with Crippen molar-refractivity contribution in [2.45, 2.75) is 32.4 Å². The Kier molecular flexibility index (Phi) is 3.20. The lowest BCUT2D eigenvalue weighted by Gasteiger charge is -2.22. The first-order valence-electron chi connectivity index (χ1n) is 7.32. The molecule has 0 fully saturated rings. The molecular weight excluding hydrogens is 304 g/mol. The first kappa shape index (κ1) is 13.8. The number of nitrogens with zero attached hydrogens (tertiary/aromatic N) is 2. The minimum atomic E-state index is -0.135. The molecule has 1 atom stereocenters. The lowest BCUT2D eigenvalue weighted by atomic mass is 10.1. The largest absolute Gasteiger partial charge is 0.376 e. The lowest BCUT2D eigenvalue weighted by Crippen LogP contribution is -2.36. The molecule has 3 heterocycles. The van der Waals surface area contributed by atoms with E-state index in [0.29, 0.717) is 30.4 Å². The Labute approximate surface area is 132 Å². The molecule has 1 amide bonds. The topological polar surface area (TPSA) is 55.6 Å². The second-order valence-corrected chi connectivity index (χ2v) is 6.17. The van der Waals surface area contributed by atoms with E-state index in [9.17, 15) is 4.79 Å². The van der Waals surface area contributed by atoms with Crippen molar-refractivity contribution in [1.29, 1.82) is 0 Å². The first-order valence-corrected chi connectivity index (χ1v) is 7.70. The molecule has 0 saturated heterocycles. The van der Waals surface area contributed by atoms with E-state index in [2.05, 4.69) is 5.16 Å². The number of hydrogen-bond acceptors (Lipinski definition) is 4. The van der Waals surface area contributed by atoms with Gasteiger partial charge in [-0.1, -0.05) is 16.8 Å². The van der Waals surface area contributed by atoms with Crippen molar-refractivity contribution in [3.8, 4) is 0 Å². The molecule has 0 saturated carbocycles. The van der Waals surface area contributed by atoms with E-state index in [-0.39, 0.29) is 11.9 Å². The third kappa shape index (κ3) is 2.04. The fourth-order valence-corrected chi connectivity index (χ4v) is 3.41. The summed E-state index contributed by atoms with van der Waals surface area (Å²) < 4.78 is 10.7. The fraction of sp³-hybridized carbons (Fsp3) is 0.375. The van der Waals surface area contributed by atoms with Crippen LogP contribution in [0.15, 0.2) is 22.7 Å². The zero-order valence-corrected chi connectivity index (χ0v) is 12.9. The van der Waals surface area contributed by atoms with E-state index >= 15 is 0 Å². The highest BCUT2D eigenvalue weighted by Crippen LogP contribution is 2.35. The minimum Gasteiger partial charge on any atom is -0.376 e. The monoisotopic (exact) mass is 318 g/mol. The molecule has 0 N–H and O–H groups in total. The third-order valence-corrected chi connectivity index (χ3v) is 4.50. The zero-order chi connectivity index (χ0) is 15.3. The number of carbonyl (C=O) groups excluding carboxylic acids is 1. The van der Waals surface area contributed by atoms with Crippen LogP contribution in [-0.4, -0.2) is 23.7 Å². The standard InChI is InChI=1S/C16H15ClN2O3/c1-9-6-10-7-11(17)2-3-13(10)19(9)16(20)15-12-8-21-5-4-14(12)22-18-15/h2-3,7,9H,4-6,8H2,1H3. The maximum Gasteiger partial charge on any atom is 0.281 e. The summed E-state index contributed by atoms with van der Waals surface area (Å²) in [5, 5.41) is 4.68. The van der Waals surface area contributed by atoms with Gasteiger partial charge in [-0.05, 0) is 37.1 Å². The molecule has 6 heteroatoms. The zero-order valence-electron chi connectivity index (χ0n) is 12.1. The van der Waals surface area contributed by atoms with Crippen LogP contribution >= 0.6 is 11.6 Å². The second-order valence-electron chi connectivity index (χ2n) is 5.74. The predicted octanol–water partition coefficient (Wildman–Crippen LogP) is 2.99. The van der Waals surface area contributed by atoms with Gasteiger partial charge >= 0.3 is 0 Å². The number of carbonyl (C=O) groups is 1. The van der Waals surface area contributed by atoms with Gasteiger partial charge in [0.25, 0.3) is 5.91 Å². The molecule has 1 aromatic heterocycles. The summed E-state index contributed by atoms with van der Waals surface area (Å²) in [6, 6.07) is 5.68. The van der Waals surface area contributed by atoms with Gasteiger partial charge in [0.05, 0.1) is 18.8 Å². The number of anilines is 1. The highest BCUT2D eigenvalue weighted by Gasteiger charge is 2.35. The predicted molar refractivity (Wildman–Crippen MR) is 81.3 cm³/mol. The number of fused-ring (bicyclic) bond motifs is 2. The van der Waals surface area contributed by atoms with Gasteiger partial charge in [0, 0.05) is 23.2 Å². The maximum absolute atomic E-state index is 13.0. The average molecular weight is 319 g/mol. The summed E-state index contributed by atoms with van der Waals surface area (Å²) in [6.45, 7) is 3.02. The molecule has 2 aromatic rings.